The lowest BCUT2D eigenvalue weighted by molar-refractivity contribution is -0.192. The molecule has 0 aromatic rings. The number of hydrogen-bond donors (Lipinski definition) is 3. The zero-order valence-electron chi connectivity index (χ0n) is 14.4. The lowest BCUT2D eigenvalue weighted by atomic mass is 9.82. The fraction of sp³-hybridized carbons (Fsp3) is 0.800. The van der Waals surface area contributed by atoms with Gasteiger partial charge in [-0.05, 0) is 19.3 Å². The van der Waals surface area contributed by atoms with Gasteiger partial charge in [0.25, 0.3) is 0 Å². The molecule has 11 heteroatoms. The molecule has 26 heavy (non-hydrogen) atoms. The molecule has 3 N–H and O–H groups in total. The van der Waals surface area contributed by atoms with Gasteiger partial charge in [-0.15, -0.1) is 0 Å². The first-order chi connectivity index (χ1) is 12.0. The molecule has 0 bridgehead atoms. The number of amides is 1. The minimum absolute atomic E-state index is 0.110. The fourth-order valence-corrected chi connectivity index (χ4v) is 4.32. The van der Waals surface area contributed by atoms with Gasteiger partial charge in [0.2, 0.25) is 5.91 Å². The van der Waals surface area contributed by atoms with Gasteiger partial charge in [0, 0.05) is 23.5 Å². The molecule has 1 aliphatic rings. The van der Waals surface area contributed by atoms with Gasteiger partial charge in [-0.3, -0.25) is 9.59 Å². The van der Waals surface area contributed by atoms with Crippen molar-refractivity contribution in [2.45, 2.75) is 51.6 Å². The van der Waals surface area contributed by atoms with E-state index >= 15 is 0 Å². The monoisotopic (exact) mass is 419 g/mol. The molecule has 0 radical (unpaired) electrons. The summed E-state index contributed by atoms with van der Waals surface area (Å²) in [5, 5.41) is 18.6. The highest BCUT2D eigenvalue weighted by Gasteiger charge is 2.39. The van der Waals surface area contributed by atoms with E-state index in [1.54, 1.807) is 21.6 Å². The Morgan fingerprint density at radius 1 is 1.08 bits per heavy atom. The fourth-order valence-electron chi connectivity index (χ4n) is 2.43. The number of alkyl halides is 3. The molecular weight excluding hydrogens is 395 g/mol. The second kappa shape index (κ2) is 12.3. The van der Waals surface area contributed by atoms with E-state index in [0.29, 0.717) is 12.3 Å². The Hall–Kier alpha value is -1.10. The lowest BCUT2D eigenvalue weighted by Gasteiger charge is -2.25. The molecule has 0 aromatic heterocycles. The number of aliphatic carboxylic acids is 2. The maximum absolute atomic E-state index is 12.2. The highest BCUT2D eigenvalue weighted by Crippen LogP contribution is 2.41. The third-order valence-corrected chi connectivity index (χ3v) is 6.32. The number of hydrogen-bond acceptors (Lipinski definition) is 5. The normalized spacial score (nSPS) is 15.7. The first kappa shape index (κ1) is 24.9. The summed E-state index contributed by atoms with van der Waals surface area (Å²) in [6.45, 7) is 2.77. The van der Waals surface area contributed by atoms with E-state index in [-0.39, 0.29) is 17.7 Å². The zero-order chi connectivity index (χ0) is 20.2. The molecule has 152 valence electrons. The van der Waals surface area contributed by atoms with Crippen LogP contribution in [-0.4, -0.2) is 52.3 Å². The molecule has 0 aliphatic heterocycles. The second-order valence-electron chi connectivity index (χ2n) is 5.69. The number of carbonyl (C=O) groups is 3. The standard InChI is InChI=1S/C13H23NO3S2.C2HF3O2/c1-2-13(6-3-4-7-13)12(17)14-8-10-19-18-9-5-11(15)16;3-2(4,5)1(6)7/h2-10H2,1H3,(H,14,17)(H,15,16);(H,6,7). The van der Waals surface area contributed by atoms with Gasteiger partial charge in [-0.2, -0.15) is 13.2 Å². The summed E-state index contributed by atoms with van der Waals surface area (Å²) in [6, 6.07) is 0. The van der Waals surface area contributed by atoms with Crippen molar-refractivity contribution in [3.05, 3.63) is 0 Å². The van der Waals surface area contributed by atoms with Crippen LogP contribution < -0.4 is 5.32 Å². The number of nitrogens with one attached hydrogen (secondary N) is 1. The minimum Gasteiger partial charge on any atom is -0.481 e. The number of carbonyl (C=O) groups excluding carboxylic acids is 1. The zero-order valence-corrected chi connectivity index (χ0v) is 16.1. The first-order valence-corrected chi connectivity index (χ1v) is 10.6. The predicted molar refractivity (Wildman–Crippen MR) is 95.1 cm³/mol. The third-order valence-electron chi connectivity index (χ3n) is 3.92. The highest BCUT2D eigenvalue weighted by molar-refractivity contribution is 8.76. The van der Waals surface area contributed by atoms with E-state index in [0.717, 1.165) is 25.0 Å². The smallest absolute Gasteiger partial charge is 0.481 e. The number of carboxylic acids is 2. The van der Waals surface area contributed by atoms with Gasteiger partial charge in [0.1, 0.15) is 0 Å². The van der Waals surface area contributed by atoms with Crippen molar-refractivity contribution in [3.63, 3.8) is 0 Å². The molecule has 1 aliphatic carbocycles. The van der Waals surface area contributed by atoms with Gasteiger partial charge in [-0.1, -0.05) is 41.4 Å². The van der Waals surface area contributed by atoms with Crippen LogP contribution in [0.1, 0.15) is 45.4 Å². The van der Waals surface area contributed by atoms with Crippen LogP contribution in [0, 0.1) is 5.41 Å². The van der Waals surface area contributed by atoms with Crippen molar-refractivity contribution in [2.75, 3.05) is 18.1 Å². The van der Waals surface area contributed by atoms with Crippen LogP contribution in [0.5, 0.6) is 0 Å². The molecular formula is C15H24F3NO5S2. The molecule has 0 unspecified atom stereocenters. The average Bonchev–Trinajstić information content (AvgIpc) is 3.03. The number of carboxylic acid groups (broad SMARTS) is 2. The molecule has 0 atom stereocenters. The van der Waals surface area contributed by atoms with Gasteiger partial charge >= 0.3 is 18.1 Å². The summed E-state index contributed by atoms with van der Waals surface area (Å²) < 4.78 is 31.7. The summed E-state index contributed by atoms with van der Waals surface area (Å²) in [5.41, 5.74) is -0.110. The van der Waals surface area contributed by atoms with Crippen LogP contribution in [0.3, 0.4) is 0 Å². The summed E-state index contributed by atoms with van der Waals surface area (Å²) in [5.74, 6) is -1.86. The molecule has 0 aromatic carbocycles. The van der Waals surface area contributed by atoms with Crippen molar-refractivity contribution in [1.29, 1.82) is 0 Å². The molecule has 1 saturated carbocycles. The number of halogens is 3. The lowest BCUT2D eigenvalue weighted by Crippen LogP contribution is -2.39. The van der Waals surface area contributed by atoms with Crippen molar-refractivity contribution in [2.24, 2.45) is 5.41 Å². The van der Waals surface area contributed by atoms with Crippen molar-refractivity contribution >= 4 is 39.4 Å². The maximum Gasteiger partial charge on any atom is 0.490 e. The molecule has 6 nitrogen and oxygen atoms in total. The molecule has 1 amide bonds. The van der Waals surface area contributed by atoms with Gasteiger partial charge in [0.15, 0.2) is 0 Å². The quantitative estimate of drug-likeness (QED) is 0.388. The van der Waals surface area contributed by atoms with Crippen molar-refractivity contribution < 1.29 is 37.8 Å². The Morgan fingerprint density at radius 2 is 1.58 bits per heavy atom. The van der Waals surface area contributed by atoms with E-state index in [4.69, 9.17) is 15.0 Å². The average molecular weight is 419 g/mol. The van der Waals surface area contributed by atoms with E-state index in [2.05, 4.69) is 12.2 Å². The first-order valence-electron chi connectivity index (χ1n) is 8.10. The summed E-state index contributed by atoms with van der Waals surface area (Å²) in [4.78, 5) is 31.4. The molecule has 0 saturated heterocycles. The molecule has 1 fully saturated rings. The largest absolute Gasteiger partial charge is 0.490 e. The van der Waals surface area contributed by atoms with Crippen LogP contribution in [0.2, 0.25) is 0 Å². The highest BCUT2D eigenvalue weighted by atomic mass is 33.1. The van der Waals surface area contributed by atoms with Crippen LogP contribution in [0.15, 0.2) is 0 Å². The van der Waals surface area contributed by atoms with Gasteiger partial charge in [0.05, 0.1) is 6.42 Å². The van der Waals surface area contributed by atoms with Crippen molar-refractivity contribution in [3.8, 4) is 0 Å². The Labute approximate surface area is 158 Å². The number of rotatable bonds is 9. The summed E-state index contributed by atoms with van der Waals surface area (Å²) in [6.07, 6.45) is 0.427. The van der Waals surface area contributed by atoms with E-state index < -0.39 is 18.1 Å². The van der Waals surface area contributed by atoms with E-state index in [9.17, 15) is 22.8 Å². The SMILES string of the molecule is CCC1(C(=O)NCCSSCCC(=O)O)CCCC1.O=C(O)C(F)(F)F. The van der Waals surface area contributed by atoms with E-state index in [1.165, 1.54) is 12.8 Å². The Morgan fingerprint density at radius 3 is 2.00 bits per heavy atom. The third kappa shape index (κ3) is 10.1. The minimum atomic E-state index is -5.08. The Balaban J connectivity index is 0.000000758. The molecule has 1 rings (SSSR count). The van der Waals surface area contributed by atoms with Crippen LogP contribution in [-0.2, 0) is 14.4 Å². The molecule has 0 spiro atoms. The topological polar surface area (TPSA) is 104 Å². The van der Waals surface area contributed by atoms with Crippen LogP contribution in [0.4, 0.5) is 13.2 Å². The summed E-state index contributed by atoms with van der Waals surface area (Å²) >= 11 is 0. The Bertz CT molecular complexity index is 469. The second-order valence-corrected chi connectivity index (χ2v) is 8.39. The van der Waals surface area contributed by atoms with E-state index in [1.807, 2.05) is 0 Å². The van der Waals surface area contributed by atoms with Crippen LogP contribution in [0.25, 0.3) is 0 Å². The summed E-state index contributed by atoms with van der Waals surface area (Å²) in [7, 11) is 3.18. The van der Waals surface area contributed by atoms with Crippen molar-refractivity contribution in [1.82, 2.24) is 5.32 Å². The predicted octanol–water partition coefficient (Wildman–Crippen LogP) is 3.56. The molecule has 0 heterocycles. The van der Waals surface area contributed by atoms with Gasteiger partial charge in [-0.25, -0.2) is 4.79 Å². The Kier molecular flexibility index (Phi) is 11.8. The van der Waals surface area contributed by atoms with Gasteiger partial charge < -0.3 is 15.5 Å². The maximum atomic E-state index is 12.2. The van der Waals surface area contributed by atoms with Crippen LogP contribution >= 0.6 is 21.6 Å².